The minimum absolute atomic E-state index is 0.155. The van der Waals surface area contributed by atoms with E-state index in [1.165, 1.54) is 31.2 Å². The summed E-state index contributed by atoms with van der Waals surface area (Å²) in [5, 5.41) is 0. The molecule has 1 saturated heterocycles. The number of likely N-dealkylation sites (tertiary alicyclic amines) is 1. The standard InChI is InChI=1S/C21H32N2O2/c1-20(2,3)25-19(24)23-14-12-21(13-15-23)10-8-17(9-11-21)16-4-6-18(22)7-5-16/h4-7,17H,8-15,22H2,1-3H3. The van der Waals surface area contributed by atoms with Crippen LogP contribution in [0.1, 0.15) is 70.8 Å². The first-order valence-electron chi connectivity index (χ1n) is 9.60. The first-order valence-corrected chi connectivity index (χ1v) is 9.60. The van der Waals surface area contributed by atoms with Crippen molar-refractivity contribution in [2.75, 3.05) is 18.8 Å². The zero-order valence-corrected chi connectivity index (χ0v) is 15.9. The Kier molecular flexibility index (Phi) is 4.99. The van der Waals surface area contributed by atoms with Crippen LogP contribution in [0.2, 0.25) is 0 Å². The number of nitrogens with zero attached hydrogens (tertiary/aromatic N) is 1. The van der Waals surface area contributed by atoms with Gasteiger partial charge in [-0.05, 0) is 88.3 Å². The van der Waals surface area contributed by atoms with Crippen LogP contribution < -0.4 is 5.73 Å². The molecule has 1 aliphatic heterocycles. The van der Waals surface area contributed by atoms with E-state index >= 15 is 0 Å². The monoisotopic (exact) mass is 344 g/mol. The zero-order chi connectivity index (χ0) is 18.1. The lowest BCUT2D eigenvalue weighted by molar-refractivity contribution is 0.00347. The third-order valence-electron chi connectivity index (χ3n) is 5.93. The normalized spacial score (nSPS) is 21.3. The molecule has 1 aliphatic carbocycles. The van der Waals surface area contributed by atoms with Crippen molar-refractivity contribution in [3.63, 3.8) is 0 Å². The Morgan fingerprint density at radius 3 is 2.16 bits per heavy atom. The van der Waals surface area contributed by atoms with Gasteiger partial charge in [0.1, 0.15) is 5.60 Å². The Bertz CT molecular complexity index is 585. The Balaban J connectivity index is 1.51. The van der Waals surface area contributed by atoms with Gasteiger partial charge in [0.05, 0.1) is 0 Å². The van der Waals surface area contributed by atoms with Gasteiger partial charge < -0.3 is 15.4 Å². The second-order valence-electron chi connectivity index (χ2n) is 8.91. The number of hydrogen-bond acceptors (Lipinski definition) is 3. The number of rotatable bonds is 1. The average Bonchev–Trinajstić information content (AvgIpc) is 2.56. The largest absolute Gasteiger partial charge is 0.444 e. The van der Waals surface area contributed by atoms with Crippen molar-refractivity contribution in [3.8, 4) is 0 Å². The van der Waals surface area contributed by atoms with Crippen LogP contribution in [0.25, 0.3) is 0 Å². The number of ether oxygens (including phenoxy) is 1. The number of carbonyl (C=O) groups excluding carboxylic acids is 1. The van der Waals surface area contributed by atoms with Crippen LogP contribution in [-0.4, -0.2) is 29.7 Å². The molecule has 1 heterocycles. The molecule has 4 nitrogen and oxygen atoms in total. The van der Waals surface area contributed by atoms with Gasteiger partial charge in [-0.1, -0.05) is 12.1 Å². The summed E-state index contributed by atoms with van der Waals surface area (Å²) in [4.78, 5) is 14.1. The summed E-state index contributed by atoms with van der Waals surface area (Å²) in [6.07, 6.45) is 7.10. The SMILES string of the molecule is CC(C)(C)OC(=O)N1CCC2(CCC(c3ccc(N)cc3)CC2)CC1. The highest BCUT2D eigenvalue weighted by atomic mass is 16.6. The minimum Gasteiger partial charge on any atom is -0.444 e. The molecule has 0 bridgehead atoms. The minimum atomic E-state index is -0.413. The van der Waals surface area contributed by atoms with Crippen LogP contribution in [0, 0.1) is 5.41 Å². The number of nitrogen functional groups attached to an aromatic ring is 1. The van der Waals surface area contributed by atoms with Crippen LogP contribution in [0.15, 0.2) is 24.3 Å². The molecular formula is C21H32N2O2. The molecular weight excluding hydrogens is 312 g/mol. The molecule has 4 heteroatoms. The van der Waals surface area contributed by atoms with Gasteiger partial charge >= 0.3 is 6.09 Å². The van der Waals surface area contributed by atoms with Crippen molar-refractivity contribution in [1.82, 2.24) is 4.90 Å². The van der Waals surface area contributed by atoms with Crippen molar-refractivity contribution in [3.05, 3.63) is 29.8 Å². The highest BCUT2D eigenvalue weighted by molar-refractivity contribution is 5.68. The zero-order valence-electron chi connectivity index (χ0n) is 15.9. The molecule has 0 radical (unpaired) electrons. The first kappa shape index (κ1) is 18.1. The summed E-state index contributed by atoms with van der Waals surface area (Å²) in [7, 11) is 0. The summed E-state index contributed by atoms with van der Waals surface area (Å²) >= 11 is 0. The summed E-state index contributed by atoms with van der Waals surface area (Å²) < 4.78 is 5.51. The van der Waals surface area contributed by atoms with E-state index in [-0.39, 0.29) is 6.09 Å². The number of nitrogens with two attached hydrogens (primary N) is 1. The third-order valence-corrected chi connectivity index (χ3v) is 5.93. The number of carbonyl (C=O) groups is 1. The van der Waals surface area contributed by atoms with Gasteiger partial charge in [0, 0.05) is 18.8 Å². The summed E-state index contributed by atoms with van der Waals surface area (Å²) in [5.41, 5.74) is 8.09. The molecule has 1 saturated carbocycles. The molecule has 2 aliphatic rings. The highest BCUT2D eigenvalue weighted by Crippen LogP contribution is 2.49. The predicted molar refractivity (Wildman–Crippen MR) is 102 cm³/mol. The van der Waals surface area contributed by atoms with Crippen molar-refractivity contribution in [1.29, 1.82) is 0 Å². The first-order chi connectivity index (χ1) is 11.8. The maximum atomic E-state index is 12.2. The Morgan fingerprint density at radius 2 is 1.64 bits per heavy atom. The van der Waals surface area contributed by atoms with Crippen molar-refractivity contribution >= 4 is 11.8 Å². The molecule has 2 fully saturated rings. The lowest BCUT2D eigenvalue weighted by Gasteiger charge is -2.46. The van der Waals surface area contributed by atoms with Gasteiger partial charge in [-0.2, -0.15) is 0 Å². The van der Waals surface area contributed by atoms with E-state index in [4.69, 9.17) is 10.5 Å². The smallest absolute Gasteiger partial charge is 0.410 e. The number of benzene rings is 1. The molecule has 0 unspecified atom stereocenters. The molecule has 3 rings (SSSR count). The van der Waals surface area contributed by atoms with Crippen molar-refractivity contribution in [2.45, 2.75) is 70.8 Å². The molecule has 1 aromatic carbocycles. The number of amides is 1. The van der Waals surface area contributed by atoms with E-state index in [9.17, 15) is 4.79 Å². The molecule has 1 spiro atoms. The molecule has 2 N–H and O–H groups in total. The highest BCUT2D eigenvalue weighted by Gasteiger charge is 2.39. The van der Waals surface area contributed by atoms with E-state index in [1.807, 2.05) is 37.8 Å². The van der Waals surface area contributed by atoms with Gasteiger partial charge in [-0.15, -0.1) is 0 Å². The van der Waals surface area contributed by atoms with Crippen LogP contribution in [-0.2, 0) is 4.74 Å². The van der Waals surface area contributed by atoms with Crippen molar-refractivity contribution < 1.29 is 9.53 Å². The molecule has 0 atom stereocenters. The molecule has 0 aromatic heterocycles. The molecule has 1 amide bonds. The number of hydrogen-bond donors (Lipinski definition) is 1. The van der Waals surface area contributed by atoms with E-state index in [0.717, 1.165) is 31.6 Å². The summed E-state index contributed by atoms with van der Waals surface area (Å²) in [6, 6.07) is 8.39. The van der Waals surface area contributed by atoms with Crippen LogP contribution in [0.4, 0.5) is 10.5 Å². The van der Waals surface area contributed by atoms with Crippen molar-refractivity contribution in [2.24, 2.45) is 5.41 Å². The lowest BCUT2D eigenvalue weighted by Crippen LogP contribution is -2.46. The van der Waals surface area contributed by atoms with E-state index in [2.05, 4.69) is 12.1 Å². The fraction of sp³-hybridized carbons (Fsp3) is 0.667. The second-order valence-corrected chi connectivity index (χ2v) is 8.91. The molecule has 25 heavy (non-hydrogen) atoms. The number of piperidine rings is 1. The molecule has 138 valence electrons. The summed E-state index contributed by atoms with van der Waals surface area (Å²) in [5.74, 6) is 0.662. The predicted octanol–water partition coefficient (Wildman–Crippen LogP) is 4.94. The van der Waals surface area contributed by atoms with Crippen LogP contribution in [0.3, 0.4) is 0 Å². The maximum Gasteiger partial charge on any atom is 0.410 e. The topological polar surface area (TPSA) is 55.6 Å². The van der Waals surface area contributed by atoms with Gasteiger partial charge in [0.15, 0.2) is 0 Å². The fourth-order valence-electron chi connectivity index (χ4n) is 4.32. The van der Waals surface area contributed by atoms with Gasteiger partial charge in [0.25, 0.3) is 0 Å². The quantitative estimate of drug-likeness (QED) is 0.734. The third kappa shape index (κ3) is 4.47. The lowest BCUT2D eigenvalue weighted by atomic mass is 9.64. The summed E-state index contributed by atoms with van der Waals surface area (Å²) in [6.45, 7) is 7.45. The van der Waals surface area contributed by atoms with E-state index in [0.29, 0.717) is 11.3 Å². The Labute approximate surface area is 151 Å². The second kappa shape index (κ2) is 6.89. The maximum absolute atomic E-state index is 12.2. The average molecular weight is 344 g/mol. The Morgan fingerprint density at radius 1 is 1.08 bits per heavy atom. The van der Waals surface area contributed by atoms with Gasteiger partial charge in [-0.25, -0.2) is 4.79 Å². The Hall–Kier alpha value is -1.71. The number of anilines is 1. The molecule has 1 aromatic rings. The van der Waals surface area contributed by atoms with Gasteiger partial charge in [-0.3, -0.25) is 0 Å². The van der Waals surface area contributed by atoms with E-state index in [1.54, 1.807) is 0 Å². The fourth-order valence-corrected chi connectivity index (χ4v) is 4.32. The van der Waals surface area contributed by atoms with Gasteiger partial charge in [0.2, 0.25) is 0 Å². The van der Waals surface area contributed by atoms with E-state index < -0.39 is 5.60 Å². The van der Waals surface area contributed by atoms with Crippen LogP contribution in [0.5, 0.6) is 0 Å². The van der Waals surface area contributed by atoms with Crippen LogP contribution >= 0.6 is 0 Å².